The standard InChI is InChI=1S/C15H26N2O4/c1-11-10-16(12(18)20-14(2,3)4)8-9-17(11)13(19)21-15(5,6)7/h10H,8-9H2,1-7H3. The number of rotatable bonds is 0. The molecule has 6 nitrogen and oxygen atoms in total. The normalized spacial score (nSPS) is 16.4. The van der Waals surface area contributed by atoms with E-state index in [1.54, 1.807) is 13.1 Å². The van der Waals surface area contributed by atoms with Gasteiger partial charge in [-0.2, -0.15) is 0 Å². The average molecular weight is 298 g/mol. The fourth-order valence-electron chi connectivity index (χ4n) is 1.76. The molecule has 1 rings (SSSR count). The van der Waals surface area contributed by atoms with Crippen LogP contribution in [0.5, 0.6) is 0 Å². The molecule has 0 bridgehead atoms. The smallest absolute Gasteiger partial charge is 0.414 e. The highest BCUT2D eigenvalue weighted by atomic mass is 16.6. The summed E-state index contributed by atoms with van der Waals surface area (Å²) in [6.07, 6.45) is 0.798. The molecule has 1 aliphatic heterocycles. The van der Waals surface area contributed by atoms with Crippen LogP contribution in [0.25, 0.3) is 0 Å². The van der Waals surface area contributed by atoms with Gasteiger partial charge < -0.3 is 9.47 Å². The summed E-state index contributed by atoms with van der Waals surface area (Å²) in [6, 6.07) is 0. The third kappa shape index (κ3) is 5.65. The highest BCUT2D eigenvalue weighted by Crippen LogP contribution is 2.19. The van der Waals surface area contributed by atoms with Gasteiger partial charge in [0.1, 0.15) is 11.2 Å². The highest BCUT2D eigenvalue weighted by Gasteiger charge is 2.29. The van der Waals surface area contributed by atoms with Gasteiger partial charge in [0.25, 0.3) is 0 Å². The molecular formula is C15H26N2O4. The van der Waals surface area contributed by atoms with Crippen LogP contribution in [0.4, 0.5) is 9.59 Å². The van der Waals surface area contributed by atoms with Crippen LogP contribution >= 0.6 is 0 Å². The first-order valence-corrected chi connectivity index (χ1v) is 7.07. The number of amides is 2. The van der Waals surface area contributed by atoms with Crippen LogP contribution in [0.1, 0.15) is 48.5 Å². The van der Waals surface area contributed by atoms with Gasteiger partial charge in [-0.3, -0.25) is 9.80 Å². The van der Waals surface area contributed by atoms with Crippen LogP contribution in [0.15, 0.2) is 11.9 Å². The van der Waals surface area contributed by atoms with E-state index in [-0.39, 0.29) is 0 Å². The van der Waals surface area contributed by atoms with E-state index in [1.165, 1.54) is 9.80 Å². The van der Waals surface area contributed by atoms with E-state index in [2.05, 4.69) is 0 Å². The topological polar surface area (TPSA) is 59.1 Å². The first kappa shape index (κ1) is 17.3. The minimum absolute atomic E-state index is 0.380. The molecule has 21 heavy (non-hydrogen) atoms. The number of carbonyl (C=O) groups is 2. The molecule has 0 N–H and O–H groups in total. The van der Waals surface area contributed by atoms with Crippen molar-refractivity contribution >= 4 is 12.2 Å². The minimum Gasteiger partial charge on any atom is -0.443 e. The quantitative estimate of drug-likeness (QED) is 0.688. The van der Waals surface area contributed by atoms with E-state index in [0.717, 1.165) is 0 Å². The molecule has 1 heterocycles. The highest BCUT2D eigenvalue weighted by molar-refractivity contribution is 5.73. The summed E-state index contributed by atoms with van der Waals surface area (Å²) in [5.74, 6) is 0. The summed E-state index contributed by atoms with van der Waals surface area (Å²) in [6.45, 7) is 13.4. The molecule has 0 aromatic heterocycles. The molecule has 0 aromatic rings. The van der Waals surface area contributed by atoms with Crippen molar-refractivity contribution in [3.05, 3.63) is 11.9 Å². The second-order valence-corrected chi connectivity index (χ2v) is 7.08. The molecule has 0 unspecified atom stereocenters. The maximum Gasteiger partial charge on any atom is 0.414 e. The molecule has 0 aromatic carbocycles. The summed E-state index contributed by atoms with van der Waals surface area (Å²) in [5, 5.41) is 0. The molecule has 0 saturated heterocycles. The van der Waals surface area contributed by atoms with E-state index < -0.39 is 23.4 Å². The van der Waals surface area contributed by atoms with Crippen molar-refractivity contribution in [3.63, 3.8) is 0 Å². The van der Waals surface area contributed by atoms with Crippen LogP contribution in [-0.2, 0) is 9.47 Å². The van der Waals surface area contributed by atoms with Crippen LogP contribution < -0.4 is 0 Å². The van der Waals surface area contributed by atoms with Gasteiger partial charge in [0, 0.05) is 25.0 Å². The van der Waals surface area contributed by atoms with E-state index >= 15 is 0 Å². The van der Waals surface area contributed by atoms with Crippen LogP contribution in [0.2, 0.25) is 0 Å². The largest absolute Gasteiger partial charge is 0.443 e. The molecule has 120 valence electrons. The predicted octanol–water partition coefficient (Wildman–Crippen LogP) is 3.34. The zero-order valence-electron chi connectivity index (χ0n) is 14.0. The number of allylic oxidation sites excluding steroid dienone is 1. The lowest BCUT2D eigenvalue weighted by molar-refractivity contribution is 0.0182. The molecule has 0 atom stereocenters. The van der Waals surface area contributed by atoms with Gasteiger partial charge in [-0.15, -0.1) is 0 Å². The lowest BCUT2D eigenvalue weighted by Gasteiger charge is -2.34. The van der Waals surface area contributed by atoms with Crippen LogP contribution in [-0.4, -0.2) is 46.3 Å². The third-order valence-corrected chi connectivity index (χ3v) is 2.57. The second-order valence-electron chi connectivity index (χ2n) is 7.08. The number of hydrogen-bond donors (Lipinski definition) is 0. The number of hydrogen-bond acceptors (Lipinski definition) is 4. The van der Waals surface area contributed by atoms with E-state index in [4.69, 9.17) is 9.47 Å². The SMILES string of the molecule is CC1=CN(C(=O)OC(C)(C)C)CCN1C(=O)OC(C)(C)C. The number of ether oxygens (including phenoxy) is 2. The predicted molar refractivity (Wildman–Crippen MR) is 79.6 cm³/mol. The van der Waals surface area contributed by atoms with Gasteiger partial charge in [0.15, 0.2) is 0 Å². The van der Waals surface area contributed by atoms with Crippen molar-refractivity contribution in [2.45, 2.75) is 59.7 Å². The van der Waals surface area contributed by atoms with Crippen molar-refractivity contribution in [1.29, 1.82) is 0 Å². The maximum absolute atomic E-state index is 12.1. The minimum atomic E-state index is -0.542. The Labute approximate surface area is 126 Å². The monoisotopic (exact) mass is 298 g/mol. The summed E-state index contributed by atoms with van der Waals surface area (Å²) < 4.78 is 10.6. The second kappa shape index (κ2) is 5.95. The van der Waals surface area contributed by atoms with Gasteiger partial charge in [0.05, 0.1) is 0 Å². The first-order chi connectivity index (χ1) is 9.39. The average Bonchev–Trinajstić information content (AvgIpc) is 2.23. The number of carbonyl (C=O) groups excluding carboxylic acids is 2. The zero-order chi connectivity index (χ0) is 16.4. The van der Waals surface area contributed by atoms with Crippen molar-refractivity contribution in [1.82, 2.24) is 9.80 Å². The molecule has 2 amide bonds. The Morgan fingerprint density at radius 1 is 0.952 bits per heavy atom. The number of nitrogens with zero attached hydrogens (tertiary/aromatic N) is 2. The molecule has 0 saturated carbocycles. The van der Waals surface area contributed by atoms with Gasteiger partial charge in [-0.05, 0) is 48.5 Å². The fraction of sp³-hybridized carbons (Fsp3) is 0.733. The Kier molecular flexibility index (Phi) is 4.91. The Bertz CT molecular complexity index is 444. The first-order valence-electron chi connectivity index (χ1n) is 7.07. The van der Waals surface area contributed by atoms with Crippen molar-refractivity contribution in [2.24, 2.45) is 0 Å². The molecule has 0 aliphatic carbocycles. The molecule has 6 heteroatoms. The molecule has 0 radical (unpaired) electrons. The van der Waals surface area contributed by atoms with Crippen molar-refractivity contribution < 1.29 is 19.1 Å². The summed E-state index contributed by atoms with van der Waals surface area (Å²) in [7, 11) is 0. The molecular weight excluding hydrogens is 272 g/mol. The lowest BCUT2D eigenvalue weighted by Crippen LogP contribution is -2.46. The third-order valence-electron chi connectivity index (χ3n) is 2.57. The van der Waals surface area contributed by atoms with Crippen molar-refractivity contribution in [3.8, 4) is 0 Å². The summed E-state index contributed by atoms with van der Waals surface area (Å²) >= 11 is 0. The zero-order valence-corrected chi connectivity index (χ0v) is 14.0. The summed E-state index contributed by atoms with van der Waals surface area (Å²) in [4.78, 5) is 27.0. The van der Waals surface area contributed by atoms with E-state index in [1.807, 2.05) is 41.5 Å². The Balaban J connectivity index is 2.72. The maximum atomic E-state index is 12.1. The van der Waals surface area contributed by atoms with Crippen LogP contribution in [0.3, 0.4) is 0 Å². The molecule has 0 spiro atoms. The summed E-state index contributed by atoms with van der Waals surface area (Å²) in [5.41, 5.74) is -0.429. The van der Waals surface area contributed by atoms with Gasteiger partial charge in [-0.1, -0.05) is 0 Å². The lowest BCUT2D eigenvalue weighted by atomic mass is 10.2. The molecule has 0 fully saturated rings. The van der Waals surface area contributed by atoms with Crippen LogP contribution in [0, 0.1) is 0 Å². The Morgan fingerprint density at radius 3 is 1.86 bits per heavy atom. The Morgan fingerprint density at radius 2 is 1.43 bits per heavy atom. The van der Waals surface area contributed by atoms with E-state index in [0.29, 0.717) is 18.8 Å². The van der Waals surface area contributed by atoms with Crippen molar-refractivity contribution in [2.75, 3.05) is 13.1 Å². The fourth-order valence-corrected chi connectivity index (χ4v) is 1.76. The van der Waals surface area contributed by atoms with Gasteiger partial charge in [0.2, 0.25) is 0 Å². The van der Waals surface area contributed by atoms with E-state index in [9.17, 15) is 9.59 Å². The molecule has 1 aliphatic rings. The Hall–Kier alpha value is -1.72. The van der Waals surface area contributed by atoms with Gasteiger partial charge >= 0.3 is 12.2 Å². The van der Waals surface area contributed by atoms with Gasteiger partial charge in [-0.25, -0.2) is 9.59 Å².